The van der Waals surface area contributed by atoms with Gasteiger partial charge in [-0.25, -0.2) is 4.98 Å². The standard InChI is InChI=1S/C28H26Cl2N4O3/c1-19-8-11-22(12-9-19)34-17-25(20-6-4-3-5-7-20)31-28(34)32-26(35)18-33(14-15-37-2)27(36)23-13-10-21(29)16-24(23)30/h3-13,16-17H,14-15,18H2,1-2H3,(H,31,32,35). The van der Waals surface area contributed by atoms with Gasteiger partial charge in [0.1, 0.15) is 6.54 Å². The molecule has 1 heterocycles. The summed E-state index contributed by atoms with van der Waals surface area (Å²) in [6.45, 7) is 2.24. The van der Waals surface area contributed by atoms with Crippen molar-refractivity contribution in [1.82, 2.24) is 14.5 Å². The van der Waals surface area contributed by atoms with Gasteiger partial charge in [0, 0.05) is 36.1 Å². The van der Waals surface area contributed by atoms with Gasteiger partial charge in [-0.1, -0.05) is 71.2 Å². The van der Waals surface area contributed by atoms with Gasteiger partial charge in [-0.05, 0) is 37.3 Å². The van der Waals surface area contributed by atoms with E-state index < -0.39 is 11.8 Å². The Morgan fingerprint density at radius 3 is 2.43 bits per heavy atom. The zero-order valence-corrected chi connectivity index (χ0v) is 22.0. The number of hydrogen-bond donors (Lipinski definition) is 1. The Labute approximate surface area is 225 Å². The SMILES string of the molecule is COCCN(CC(=O)Nc1nc(-c2ccccc2)cn1-c1ccc(C)cc1)C(=O)c1ccc(Cl)cc1Cl. The van der Waals surface area contributed by atoms with Crippen molar-refractivity contribution in [2.45, 2.75) is 6.92 Å². The summed E-state index contributed by atoms with van der Waals surface area (Å²) in [5.41, 5.74) is 3.83. The quantitative estimate of drug-likeness (QED) is 0.289. The summed E-state index contributed by atoms with van der Waals surface area (Å²) in [5, 5.41) is 3.50. The molecule has 0 saturated carbocycles. The molecule has 2 amide bonds. The van der Waals surface area contributed by atoms with Crippen molar-refractivity contribution in [2.24, 2.45) is 0 Å². The van der Waals surface area contributed by atoms with E-state index in [-0.39, 0.29) is 30.3 Å². The van der Waals surface area contributed by atoms with E-state index in [2.05, 4.69) is 10.3 Å². The smallest absolute Gasteiger partial charge is 0.255 e. The van der Waals surface area contributed by atoms with Gasteiger partial charge < -0.3 is 9.64 Å². The monoisotopic (exact) mass is 536 g/mol. The molecule has 0 aliphatic heterocycles. The predicted octanol–water partition coefficient (Wildman–Crippen LogP) is 5.88. The van der Waals surface area contributed by atoms with Gasteiger partial charge in [-0.3, -0.25) is 19.5 Å². The maximum absolute atomic E-state index is 13.2. The molecule has 9 heteroatoms. The molecule has 0 bridgehead atoms. The lowest BCUT2D eigenvalue weighted by Crippen LogP contribution is -2.40. The lowest BCUT2D eigenvalue weighted by atomic mass is 10.2. The molecular weight excluding hydrogens is 511 g/mol. The molecule has 4 rings (SSSR count). The molecular formula is C28H26Cl2N4O3. The fourth-order valence-electron chi connectivity index (χ4n) is 3.74. The van der Waals surface area contributed by atoms with Crippen molar-refractivity contribution >= 4 is 41.0 Å². The minimum absolute atomic E-state index is 0.198. The number of nitrogens with one attached hydrogen (secondary N) is 1. The van der Waals surface area contributed by atoms with Crippen molar-refractivity contribution in [3.05, 3.63) is 100 Å². The van der Waals surface area contributed by atoms with Crippen LogP contribution in [0.2, 0.25) is 10.0 Å². The zero-order valence-electron chi connectivity index (χ0n) is 20.4. The highest BCUT2D eigenvalue weighted by Crippen LogP contribution is 2.25. The van der Waals surface area contributed by atoms with E-state index >= 15 is 0 Å². The fraction of sp³-hybridized carbons (Fsp3) is 0.179. The number of anilines is 1. The van der Waals surface area contributed by atoms with Gasteiger partial charge in [0.15, 0.2) is 0 Å². The van der Waals surface area contributed by atoms with E-state index in [1.54, 1.807) is 12.1 Å². The second kappa shape index (κ2) is 12.1. The molecule has 1 aromatic heterocycles. The maximum Gasteiger partial charge on any atom is 0.255 e. The molecule has 0 saturated heterocycles. The molecule has 0 atom stereocenters. The normalized spacial score (nSPS) is 10.8. The Bertz CT molecular complexity index is 1390. The number of methoxy groups -OCH3 is 1. The Morgan fingerprint density at radius 1 is 1.03 bits per heavy atom. The van der Waals surface area contributed by atoms with E-state index in [0.29, 0.717) is 16.7 Å². The molecule has 0 unspecified atom stereocenters. The van der Waals surface area contributed by atoms with E-state index in [9.17, 15) is 9.59 Å². The summed E-state index contributed by atoms with van der Waals surface area (Å²) in [4.78, 5) is 32.5. The Kier molecular flexibility index (Phi) is 8.61. The lowest BCUT2D eigenvalue weighted by molar-refractivity contribution is -0.117. The van der Waals surface area contributed by atoms with Crippen LogP contribution in [0.15, 0.2) is 79.0 Å². The van der Waals surface area contributed by atoms with Crippen molar-refractivity contribution < 1.29 is 14.3 Å². The number of imidazole rings is 1. The molecule has 3 aromatic carbocycles. The third-order valence-corrected chi connectivity index (χ3v) is 6.24. The highest BCUT2D eigenvalue weighted by Gasteiger charge is 2.22. The summed E-state index contributed by atoms with van der Waals surface area (Å²) in [7, 11) is 1.53. The average Bonchev–Trinajstić information content (AvgIpc) is 3.30. The second-order valence-corrected chi connectivity index (χ2v) is 9.26. The number of carbonyl (C=O) groups excluding carboxylic acids is 2. The lowest BCUT2D eigenvalue weighted by Gasteiger charge is -2.22. The number of benzene rings is 3. The van der Waals surface area contributed by atoms with Crippen molar-refractivity contribution in [2.75, 3.05) is 32.1 Å². The van der Waals surface area contributed by atoms with E-state index in [0.717, 1.165) is 16.8 Å². The molecule has 190 valence electrons. The number of nitrogens with zero attached hydrogens (tertiary/aromatic N) is 3. The zero-order chi connectivity index (χ0) is 26.4. The Hall–Kier alpha value is -3.65. The minimum Gasteiger partial charge on any atom is -0.383 e. The molecule has 1 N–H and O–H groups in total. The molecule has 37 heavy (non-hydrogen) atoms. The predicted molar refractivity (Wildman–Crippen MR) is 147 cm³/mol. The Morgan fingerprint density at radius 2 is 1.76 bits per heavy atom. The summed E-state index contributed by atoms with van der Waals surface area (Å²) < 4.78 is 6.97. The largest absolute Gasteiger partial charge is 0.383 e. The van der Waals surface area contributed by atoms with Gasteiger partial charge in [-0.2, -0.15) is 0 Å². The highest BCUT2D eigenvalue weighted by molar-refractivity contribution is 6.36. The van der Waals surface area contributed by atoms with E-state index in [1.165, 1.54) is 18.1 Å². The first-order chi connectivity index (χ1) is 17.9. The second-order valence-electron chi connectivity index (χ2n) is 8.41. The summed E-state index contributed by atoms with van der Waals surface area (Å²) >= 11 is 12.2. The number of ether oxygens (including phenoxy) is 1. The number of aryl methyl sites for hydroxylation is 1. The van der Waals surface area contributed by atoms with Crippen LogP contribution in [-0.2, 0) is 9.53 Å². The van der Waals surface area contributed by atoms with Crippen molar-refractivity contribution in [3.63, 3.8) is 0 Å². The van der Waals surface area contributed by atoms with E-state index in [4.69, 9.17) is 27.9 Å². The Balaban J connectivity index is 1.60. The van der Waals surface area contributed by atoms with Gasteiger partial charge in [0.05, 0.1) is 22.9 Å². The first-order valence-electron chi connectivity index (χ1n) is 11.6. The van der Waals surface area contributed by atoms with Crippen LogP contribution >= 0.6 is 23.2 Å². The molecule has 0 spiro atoms. The van der Waals surface area contributed by atoms with Gasteiger partial charge in [0.25, 0.3) is 5.91 Å². The molecule has 4 aromatic rings. The third kappa shape index (κ3) is 6.57. The summed E-state index contributed by atoms with van der Waals surface area (Å²) in [6, 6.07) is 22.2. The van der Waals surface area contributed by atoms with Crippen LogP contribution in [0.4, 0.5) is 5.95 Å². The molecule has 0 fully saturated rings. The van der Waals surface area contributed by atoms with Gasteiger partial charge in [0.2, 0.25) is 11.9 Å². The third-order valence-electron chi connectivity index (χ3n) is 5.69. The van der Waals surface area contributed by atoms with Crippen LogP contribution in [0.1, 0.15) is 15.9 Å². The molecule has 7 nitrogen and oxygen atoms in total. The number of hydrogen-bond acceptors (Lipinski definition) is 4. The first-order valence-corrected chi connectivity index (χ1v) is 12.4. The van der Waals surface area contributed by atoms with Gasteiger partial charge in [-0.15, -0.1) is 0 Å². The first kappa shape index (κ1) is 26.4. The van der Waals surface area contributed by atoms with Crippen LogP contribution in [0, 0.1) is 6.92 Å². The summed E-state index contributed by atoms with van der Waals surface area (Å²) in [6.07, 6.45) is 1.87. The number of carbonyl (C=O) groups is 2. The number of rotatable bonds is 9. The fourth-order valence-corrected chi connectivity index (χ4v) is 4.23. The van der Waals surface area contributed by atoms with Crippen molar-refractivity contribution in [3.8, 4) is 16.9 Å². The van der Waals surface area contributed by atoms with Crippen molar-refractivity contribution in [1.29, 1.82) is 0 Å². The van der Waals surface area contributed by atoms with Crippen LogP contribution in [0.5, 0.6) is 0 Å². The van der Waals surface area contributed by atoms with Crippen LogP contribution in [-0.4, -0.2) is 53.1 Å². The highest BCUT2D eigenvalue weighted by atomic mass is 35.5. The van der Waals surface area contributed by atoms with Crippen LogP contribution in [0.3, 0.4) is 0 Å². The average molecular weight is 537 g/mol. The van der Waals surface area contributed by atoms with E-state index in [1.807, 2.05) is 72.3 Å². The number of halogens is 2. The molecule has 0 aliphatic rings. The molecule has 0 radical (unpaired) electrons. The number of aromatic nitrogens is 2. The summed E-state index contributed by atoms with van der Waals surface area (Å²) in [5.74, 6) is -0.467. The van der Waals surface area contributed by atoms with Gasteiger partial charge >= 0.3 is 0 Å². The topological polar surface area (TPSA) is 76.5 Å². The van der Waals surface area contributed by atoms with Crippen LogP contribution < -0.4 is 5.32 Å². The van der Waals surface area contributed by atoms with Crippen LogP contribution in [0.25, 0.3) is 16.9 Å². The maximum atomic E-state index is 13.2. The number of amides is 2. The minimum atomic E-state index is -0.409. The molecule has 0 aliphatic carbocycles.